The van der Waals surface area contributed by atoms with Crippen LogP contribution in [0.3, 0.4) is 0 Å². The molecule has 0 aliphatic heterocycles. The van der Waals surface area contributed by atoms with Crippen molar-refractivity contribution in [2.75, 3.05) is 19.6 Å². The minimum absolute atomic E-state index is 0.255. The fourth-order valence-electron chi connectivity index (χ4n) is 2.09. The Balaban J connectivity index is 2.51. The number of rotatable bonds is 8. The molecule has 0 heterocycles. The van der Waals surface area contributed by atoms with E-state index in [0.29, 0.717) is 6.42 Å². The molecule has 0 N–H and O–H groups in total. The highest BCUT2D eigenvalue weighted by Crippen LogP contribution is 2.09. The van der Waals surface area contributed by atoms with Crippen LogP contribution < -0.4 is 0 Å². The molecule has 1 rings (SSSR count). The molecule has 0 fully saturated rings. The smallest absolute Gasteiger partial charge is 0.164 e. The fourth-order valence-corrected chi connectivity index (χ4v) is 2.09. The van der Waals surface area contributed by atoms with Gasteiger partial charge in [0.15, 0.2) is 5.78 Å². The number of benzene rings is 1. The van der Waals surface area contributed by atoms with Gasteiger partial charge in [0.1, 0.15) is 0 Å². The van der Waals surface area contributed by atoms with Crippen LogP contribution in [0.1, 0.15) is 49.5 Å². The average molecular weight is 247 g/mol. The summed E-state index contributed by atoms with van der Waals surface area (Å²) >= 11 is 0. The van der Waals surface area contributed by atoms with Crippen LogP contribution in [0.4, 0.5) is 0 Å². The van der Waals surface area contributed by atoms with E-state index >= 15 is 0 Å². The third-order valence-corrected chi connectivity index (χ3v) is 3.36. The van der Waals surface area contributed by atoms with Gasteiger partial charge in [0.05, 0.1) is 0 Å². The first-order chi connectivity index (χ1) is 8.71. The molecule has 0 radical (unpaired) electrons. The van der Waals surface area contributed by atoms with Crippen molar-refractivity contribution in [3.05, 3.63) is 35.4 Å². The van der Waals surface area contributed by atoms with Crippen LogP contribution in [-0.4, -0.2) is 30.3 Å². The van der Waals surface area contributed by atoms with Crippen LogP contribution in [0, 0.1) is 0 Å². The Morgan fingerprint density at radius 2 is 1.67 bits per heavy atom. The molecule has 100 valence electrons. The molecule has 0 aliphatic rings. The maximum absolute atomic E-state index is 12.0. The lowest BCUT2D eigenvalue weighted by atomic mass is 10.0. The van der Waals surface area contributed by atoms with E-state index < -0.39 is 0 Å². The van der Waals surface area contributed by atoms with Crippen molar-refractivity contribution in [2.45, 2.75) is 40.0 Å². The number of aryl methyl sites for hydroxylation is 1. The van der Waals surface area contributed by atoms with E-state index in [9.17, 15) is 4.79 Å². The Bertz CT molecular complexity index is 352. The van der Waals surface area contributed by atoms with Crippen LogP contribution in [0.15, 0.2) is 24.3 Å². The van der Waals surface area contributed by atoms with Crippen molar-refractivity contribution in [3.8, 4) is 0 Å². The highest BCUT2D eigenvalue weighted by atomic mass is 16.1. The summed E-state index contributed by atoms with van der Waals surface area (Å²) in [4.78, 5) is 14.3. The molecule has 2 nitrogen and oxygen atoms in total. The summed E-state index contributed by atoms with van der Waals surface area (Å²) in [6, 6.07) is 8.09. The molecule has 0 saturated heterocycles. The Morgan fingerprint density at radius 1 is 1.06 bits per heavy atom. The topological polar surface area (TPSA) is 20.3 Å². The first-order valence-electron chi connectivity index (χ1n) is 7.05. The quantitative estimate of drug-likeness (QED) is 0.655. The molecule has 1 aromatic carbocycles. The maximum Gasteiger partial charge on any atom is 0.164 e. The number of hydrogen-bond acceptors (Lipinski definition) is 2. The second kappa shape index (κ2) is 8.04. The number of Topliss-reactive ketones (excluding diaryl/α,β-unsaturated/α-hetero) is 1. The van der Waals surface area contributed by atoms with Gasteiger partial charge in [0, 0.05) is 18.5 Å². The zero-order chi connectivity index (χ0) is 13.4. The Kier molecular flexibility index (Phi) is 6.66. The molecule has 0 saturated carbocycles. The monoisotopic (exact) mass is 247 g/mol. The average Bonchev–Trinajstić information content (AvgIpc) is 2.41. The Hall–Kier alpha value is -1.15. The van der Waals surface area contributed by atoms with Crippen molar-refractivity contribution in [2.24, 2.45) is 0 Å². The predicted octanol–water partition coefficient (Wildman–Crippen LogP) is 3.55. The molecular formula is C16H25NO. The SMILES string of the molecule is CCCc1ccc(C(=O)CCN(CC)CC)cc1. The number of hydrogen-bond donors (Lipinski definition) is 0. The van der Waals surface area contributed by atoms with E-state index in [2.05, 4.69) is 37.8 Å². The number of carbonyl (C=O) groups is 1. The minimum Gasteiger partial charge on any atom is -0.303 e. The number of nitrogens with zero attached hydrogens (tertiary/aromatic N) is 1. The second-order valence-electron chi connectivity index (χ2n) is 4.65. The van der Waals surface area contributed by atoms with Gasteiger partial charge in [-0.3, -0.25) is 4.79 Å². The molecule has 0 aliphatic carbocycles. The van der Waals surface area contributed by atoms with Crippen molar-refractivity contribution < 1.29 is 4.79 Å². The van der Waals surface area contributed by atoms with Crippen molar-refractivity contribution in [3.63, 3.8) is 0 Å². The van der Waals surface area contributed by atoms with Gasteiger partial charge in [-0.25, -0.2) is 0 Å². The van der Waals surface area contributed by atoms with Crippen molar-refractivity contribution in [1.82, 2.24) is 4.90 Å². The molecular weight excluding hydrogens is 222 g/mol. The summed E-state index contributed by atoms with van der Waals surface area (Å²) in [5.41, 5.74) is 2.17. The predicted molar refractivity (Wildman–Crippen MR) is 77.2 cm³/mol. The van der Waals surface area contributed by atoms with Crippen LogP contribution in [0.2, 0.25) is 0 Å². The van der Waals surface area contributed by atoms with Gasteiger partial charge in [-0.1, -0.05) is 51.5 Å². The molecule has 0 unspecified atom stereocenters. The lowest BCUT2D eigenvalue weighted by molar-refractivity contribution is 0.0966. The maximum atomic E-state index is 12.0. The summed E-state index contributed by atoms with van der Waals surface area (Å²) in [7, 11) is 0. The van der Waals surface area contributed by atoms with E-state index in [0.717, 1.165) is 38.0 Å². The highest BCUT2D eigenvalue weighted by Gasteiger charge is 2.07. The summed E-state index contributed by atoms with van der Waals surface area (Å²) in [5, 5.41) is 0. The van der Waals surface area contributed by atoms with Crippen molar-refractivity contribution in [1.29, 1.82) is 0 Å². The Morgan fingerprint density at radius 3 is 2.17 bits per heavy atom. The molecule has 0 aromatic heterocycles. The highest BCUT2D eigenvalue weighted by molar-refractivity contribution is 5.96. The fraction of sp³-hybridized carbons (Fsp3) is 0.562. The van der Waals surface area contributed by atoms with Gasteiger partial charge in [0.2, 0.25) is 0 Å². The van der Waals surface area contributed by atoms with Crippen LogP contribution >= 0.6 is 0 Å². The largest absolute Gasteiger partial charge is 0.303 e. The van der Waals surface area contributed by atoms with E-state index in [1.807, 2.05) is 12.1 Å². The van der Waals surface area contributed by atoms with Gasteiger partial charge in [-0.15, -0.1) is 0 Å². The van der Waals surface area contributed by atoms with Gasteiger partial charge in [0.25, 0.3) is 0 Å². The van der Waals surface area contributed by atoms with Crippen LogP contribution in [0.5, 0.6) is 0 Å². The summed E-state index contributed by atoms with van der Waals surface area (Å²) in [6.07, 6.45) is 2.86. The third kappa shape index (κ3) is 4.61. The normalized spacial score (nSPS) is 10.9. The number of carbonyl (C=O) groups excluding carboxylic acids is 1. The molecule has 0 amide bonds. The lowest BCUT2D eigenvalue weighted by Gasteiger charge is -2.17. The molecule has 0 spiro atoms. The van der Waals surface area contributed by atoms with Crippen molar-refractivity contribution >= 4 is 5.78 Å². The lowest BCUT2D eigenvalue weighted by Crippen LogP contribution is -2.25. The van der Waals surface area contributed by atoms with Crippen LogP contribution in [-0.2, 0) is 6.42 Å². The van der Waals surface area contributed by atoms with Gasteiger partial charge >= 0.3 is 0 Å². The zero-order valence-corrected chi connectivity index (χ0v) is 11.9. The Labute approximate surface area is 111 Å². The second-order valence-corrected chi connectivity index (χ2v) is 4.65. The standard InChI is InChI=1S/C16H25NO/c1-4-7-14-8-10-15(11-9-14)16(18)12-13-17(5-2)6-3/h8-11H,4-7,12-13H2,1-3H3. The summed E-state index contributed by atoms with van der Waals surface area (Å²) in [6.45, 7) is 9.32. The zero-order valence-electron chi connectivity index (χ0n) is 11.9. The first-order valence-corrected chi connectivity index (χ1v) is 7.05. The van der Waals surface area contributed by atoms with E-state index in [1.54, 1.807) is 0 Å². The van der Waals surface area contributed by atoms with E-state index in [-0.39, 0.29) is 5.78 Å². The van der Waals surface area contributed by atoms with Crippen LogP contribution in [0.25, 0.3) is 0 Å². The molecule has 1 aromatic rings. The summed E-state index contributed by atoms with van der Waals surface area (Å²) < 4.78 is 0. The molecule has 0 bridgehead atoms. The first kappa shape index (κ1) is 14.9. The minimum atomic E-state index is 0.255. The third-order valence-electron chi connectivity index (χ3n) is 3.36. The number of ketones is 1. The van der Waals surface area contributed by atoms with Gasteiger partial charge in [-0.05, 0) is 25.1 Å². The van der Waals surface area contributed by atoms with Gasteiger partial charge in [-0.2, -0.15) is 0 Å². The van der Waals surface area contributed by atoms with Gasteiger partial charge < -0.3 is 4.90 Å². The molecule has 0 atom stereocenters. The van der Waals surface area contributed by atoms with E-state index in [1.165, 1.54) is 5.56 Å². The molecule has 18 heavy (non-hydrogen) atoms. The van der Waals surface area contributed by atoms with E-state index in [4.69, 9.17) is 0 Å². The molecule has 2 heteroatoms. The summed E-state index contributed by atoms with van der Waals surface area (Å²) in [5.74, 6) is 0.255.